The largest absolute Gasteiger partial charge is 0.347 e. The maximum atomic E-state index is 12.2. The fourth-order valence-electron chi connectivity index (χ4n) is 2.31. The summed E-state index contributed by atoms with van der Waals surface area (Å²) in [6, 6.07) is 4.72. The van der Waals surface area contributed by atoms with Crippen molar-refractivity contribution in [2.45, 2.75) is 12.5 Å². The average Bonchev–Trinajstić information content (AvgIpc) is 3.08. The van der Waals surface area contributed by atoms with Crippen LogP contribution in [0.15, 0.2) is 28.4 Å². The summed E-state index contributed by atoms with van der Waals surface area (Å²) in [5, 5.41) is 4.48. The van der Waals surface area contributed by atoms with E-state index in [4.69, 9.17) is 0 Å². The first-order chi connectivity index (χ1) is 10.4. The second kappa shape index (κ2) is 5.65. The molecule has 0 radical (unpaired) electrons. The third-order valence-electron chi connectivity index (χ3n) is 3.33. The summed E-state index contributed by atoms with van der Waals surface area (Å²) in [6.07, 6.45) is 0.384. The zero-order chi connectivity index (χ0) is 15.7. The third-order valence-corrected chi connectivity index (χ3v) is 6.00. The second-order valence-electron chi connectivity index (χ2n) is 5.04. The number of amides is 1. The van der Waals surface area contributed by atoms with Gasteiger partial charge < -0.3 is 10.3 Å². The fraction of sp³-hybridized carbons (Fsp3) is 0.308. The summed E-state index contributed by atoms with van der Waals surface area (Å²) >= 11 is 1.43. The van der Waals surface area contributed by atoms with Gasteiger partial charge in [0.1, 0.15) is 5.69 Å². The summed E-state index contributed by atoms with van der Waals surface area (Å²) in [6.45, 7) is 0. The topological polar surface area (TPSA) is 109 Å². The lowest BCUT2D eigenvalue weighted by Crippen LogP contribution is -2.37. The number of hydrogen-bond acceptors (Lipinski definition) is 6. The Morgan fingerprint density at radius 1 is 1.45 bits per heavy atom. The van der Waals surface area contributed by atoms with E-state index >= 15 is 0 Å². The highest BCUT2D eigenvalue weighted by atomic mass is 32.2. The smallest absolute Gasteiger partial charge is 0.346 e. The Morgan fingerprint density at radius 3 is 2.91 bits per heavy atom. The van der Waals surface area contributed by atoms with Crippen LogP contribution in [0.4, 0.5) is 0 Å². The summed E-state index contributed by atoms with van der Waals surface area (Å²) < 4.78 is 22.8. The Hall–Kier alpha value is -2.00. The van der Waals surface area contributed by atoms with Gasteiger partial charge in [0.2, 0.25) is 0 Å². The molecule has 3 rings (SSSR count). The number of nitrogens with zero attached hydrogens (tertiary/aromatic N) is 1. The molecule has 9 heteroatoms. The van der Waals surface area contributed by atoms with Crippen molar-refractivity contribution in [1.82, 2.24) is 15.3 Å². The van der Waals surface area contributed by atoms with Crippen LogP contribution in [0, 0.1) is 0 Å². The van der Waals surface area contributed by atoms with Crippen LogP contribution in [0.3, 0.4) is 0 Å². The fourth-order valence-corrected chi connectivity index (χ4v) is 4.68. The first-order valence-corrected chi connectivity index (χ1v) is 9.29. The van der Waals surface area contributed by atoms with Gasteiger partial charge in [-0.15, -0.1) is 11.3 Å². The van der Waals surface area contributed by atoms with E-state index in [2.05, 4.69) is 15.3 Å². The predicted molar refractivity (Wildman–Crippen MR) is 82.7 cm³/mol. The monoisotopic (exact) mass is 339 g/mol. The molecule has 2 aromatic heterocycles. The van der Waals surface area contributed by atoms with Crippen molar-refractivity contribution < 1.29 is 13.2 Å². The van der Waals surface area contributed by atoms with Crippen molar-refractivity contribution in [3.05, 3.63) is 39.8 Å². The van der Waals surface area contributed by atoms with Gasteiger partial charge in [0.05, 0.1) is 22.1 Å². The molecule has 0 bridgehead atoms. The van der Waals surface area contributed by atoms with Crippen molar-refractivity contribution in [2.75, 3.05) is 11.5 Å². The van der Waals surface area contributed by atoms with Gasteiger partial charge in [-0.25, -0.2) is 13.2 Å². The first kappa shape index (κ1) is 14.9. The molecule has 3 heterocycles. The highest BCUT2D eigenvalue weighted by Gasteiger charge is 2.29. The number of carbonyl (C=O) groups is 1. The van der Waals surface area contributed by atoms with Crippen molar-refractivity contribution >= 4 is 27.1 Å². The normalized spacial score (nSPS) is 19.9. The first-order valence-electron chi connectivity index (χ1n) is 6.59. The van der Waals surface area contributed by atoms with Gasteiger partial charge in [0.25, 0.3) is 5.91 Å². The molecule has 1 saturated heterocycles. The minimum atomic E-state index is -3.08. The van der Waals surface area contributed by atoms with Crippen molar-refractivity contribution in [3.63, 3.8) is 0 Å². The molecule has 22 heavy (non-hydrogen) atoms. The highest BCUT2D eigenvalue weighted by molar-refractivity contribution is 7.91. The molecule has 1 aliphatic heterocycles. The van der Waals surface area contributed by atoms with Gasteiger partial charge in [-0.05, 0) is 23.9 Å². The van der Waals surface area contributed by atoms with Crippen LogP contribution in [0.1, 0.15) is 16.9 Å². The van der Waals surface area contributed by atoms with Gasteiger partial charge in [0.15, 0.2) is 9.84 Å². The zero-order valence-corrected chi connectivity index (χ0v) is 13.0. The van der Waals surface area contributed by atoms with Crippen LogP contribution >= 0.6 is 11.3 Å². The zero-order valence-electron chi connectivity index (χ0n) is 11.4. The molecule has 7 nitrogen and oxygen atoms in total. The summed E-state index contributed by atoms with van der Waals surface area (Å²) in [4.78, 5) is 30.8. The highest BCUT2D eigenvalue weighted by Crippen LogP contribution is 2.21. The van der Waals surface area contributed by atoms with E-state index in [1.807, 2.05) is 17.5 Å². The second-order valence-corrected chi connectivity index (χ2v) is 8.21. The summed E-state index contributed by atoms with van der Waals surface area (Å²) in [5.41, 5.74) is -0.120. The number of rotatable bonds is 3. The number of thiophene rings is 1. The Kier molecular flexibility index (Phi) is 3.83. The van der Waals surface area contributed by atoms with Gasteiger partial charge >= 0.3 is 5.69 Å². The molecule has 1 amide bonds. The molecule has 0 spiro atoms. The molecule has 116 valence electrons. The van der Waals surface area contributed by atoms with E-state index in [1.54, 1.807) is 0 Å². The molecule has 0 aliphatic carbocycles. The van der Waals surface area contributed by atoms with Crippen molar-refractivity contribution in [3.8, 4) is 10.6 Å². The number of nitrogens with one attached hydrogen (secondary N) is 2. The van der Waals surface area contributed by atoms with Crippen molar-refractivity contribution in [1.29, 1.82) is 0 Å². The molecular formula is C13H13N3O4S2. The van der Waals surface area contributed by atoms with Crippen LogP contribution in [0.2, 0.25) is 0 Å². The van der Waals surface area contributed by atoms with Gasteiger partial charge in [-0.1, -0.05) is 6.07 Å². The lowest BCUT2D eigenvalue weighted by atomic mass is 10.2. The Labute approximate surface area is 130 Å². The number of aromatic nitrogens is 2. The van der Waals surface area contributed by atoms with Crippen LogP contribution in [0.5, 0.6) is 0 Å². The maximum Gasteiger partial charge on any atom is 0.346 e. The molecule has 1 fully saturated rings. The Morgan fingerprint density at radius 2 is 2.27 bits per heavy atom. The predicted octanol–water partition coefficient (Wildman–Crippen LogP) is 0.415. The van der Waals surface area contributed by atoms with Crippen LogP contribution in [-0.4, -0.2) is 41.8 Å². The summed E-state index contributed by atoms with van der Waals surface area (Å²) in [5.74, 6) is -0.535. The number of sulfone groups is 1. The molecule has 1 atom stereocenters. The molecular weight excluding hydrogens is 326 g/mol. The number of H-pyrrole nitrogens is 1. The average molecular weight is 339 g/mol. The SMILES string of the molecule is O=C(NC1CCS(=O)(=O)C1)c1cc(-c2cccs2)[nH]c(=O)n1. The molecule has 0 saturated carbocycles. The maximum absolute atomic E-state index is 12.2. The van der Waals surface area contributed by atoms with Crippen molar-refractivity contribution in [2.24, 2.45) is 0 Å². The van der Waals surface area contributed by atoms with E-state index in [9.17, 15) is 18.0 Å². The van der Waals surface area contributed by atoms with E-state index in [0.29, 0.717) is 12.1 Å². The van der Waals surface area contributed by atoms with E-state index in [1.165, 1.54) is 17.4 Å². The standard InChI is InChI=1S/C13H13N3O4S2/c17-12(14-8-3-5-22(19,20)7-8)10-6-9(15-13(18)16-10)11-2-1-4-21-11/h1-2,4,6,8H,3,5,7H2,(H,14,17)(H,15,16,18). The minimum absolute atomic E-state index is 0.0172. The number of hydrogen-bond donors (Lipinski definition) is 2. The Balaban J connectivity index is 1.82. The quantitative estimate of drug-likeness (QED) is 0.842. The third kappa shape index (κ3) is 3.25. The van der Waals surface area contributed by atoms with Crippen LogP contribution in [-0.2, 0) is 9.84 Å². The Bertz CT molecular complexity index is 856. The van der Waals surface area contributed by atoms with Gasteiger partial charge in [-0.3, -0.25) is 4.79 Å². The lowest BCUT2D eigenvalue weighted by molar-refractivity contribution is 0.0935. The number of carbonyl (C=O) groups excluding carboxylic acids is 1. The number of aromatic amines is 1. The van der Waals surface area contributed by atoms with Crippen LogP contribution in [0.25, 0.3) is 10.6 Å². The minimum Gasteiger partial charge on any atom is -0.347 e. The molecule has 1 aliphatic rings. The van der Waals surface area contributed by atoms with Gasteiger partial charge in [-0.2, -0.15) is 4.98 Å². The van der Waals surface area contributed by atoms with Gasteiger partial charge in [0, 0.05) is 6.04 Å². The van der Waals surface area contributed by atoms with E-state index in [0.717, 1.165) is 4.88 Å². The van der Waals surface area contributed by atoms with E-state index in [-0.39, 0.29) is 17.2 Å². The lowest BCUT2D eigenvalue weighted by Gasteiger charge is -2.10. The molecule has 2 aromatic rings. The molecule has 2 N–H and O–H groups in total. The van der Waals surface area contributed by atoms with E-state index < -0.39 is 27.5 Å². The molecule has 1 unspecified atom stereocenters. The summed E-state index contributed by atoms with van der Waals surface area (Å²) in [7, 11) is -3.08. The molecule has 0 aromatic carbocycles. The van der Waals surface area contributed by atoms with Crippen LogP contribution < -0.4 is 11.0 Å².